The summed E-state index contributed by atoms with van der Waals surface area (Å²) in [6.45, 7) is 1.10. The van der Waals surface area contributed by atoms with Crippen LogP contribution in [0, 0.1) is 0 Å². The Balaban J connectivity index is 1.92. The summed E-state index contributed by atoms with van der Waals surface area (Å²) in [6.07, 6.45) is 3.32. The molecule has 8 nitrogen and oxygen atoms in total. The third-order valence-electron chi connectivity index (χ3n) is 5.23. The van der Waals surface area contributed by atoms with Gasteiger partial charge >= 0.3 is 0 Å². The summed E-state index contributed by atoms with van der Waals surface area (Å²) >= 11 is 0. The number of pyridine rings is 1. The first-order valence-electron chi connectivity index (χ1n) is 9.37. The molecule has 2 aromatic rings. The maximum Gasteiger partial charge on any atom is 0.251 e. The lowest BCUT2D eigenvalue weighted by Crippen LogP contribution is -2.33. The summed E-state index contributed by atoms with van der Waals surface area (Å²) in [5.74, 6) is 1.45. The third-order valence-corrected chi connectivity index (χ3v) is 7.03. The summed E-state index contributed by atoms with van der Waals surface area (Å²) in [4.78, 5) is 14.7. The van der Waals surface area contributed by atoms with Gasteiger partial charge < -0.3 is 14.0 Å². The van der Waals surface area contributed by atoms with Crippen molar-refractivity contribution < 1.29 is 17.9 Å². The Morgan fingerprint density at radius 3 is 2.55 bits per heavy atom. The molecular weight excluding hydrogens is 394 g/mol. The minimum absolute atomic E-state index is 0.0665. The normalized spacial score (nSPS) is 17.6. The van der Waals surface area contributed by atoms with Crippen molar-refractivity contribution in [1.29, 1.82) is 0 Å². The Morgan fingerprint density at radius 2 is 1.90 bits per heavy atom. The number of likely N-dealkylation sites (tertiary alicyclic amines) is 1. The van der Waals surface area contributed by atoms with E-state index in [0.29, 0.717) is 12.4 Å². The fraction of sp³-hybridized carbons (Fsp3) is 0.450. The average Bonchev–Trinajstić information content (AvgIpc) is 3.16. The molecule has 158 valence electrons. The number of aromatic nitrogens is 1. The molecule has 0 aliphatic carbocycles. The standard InChI is InChI=1S/C20H27N3O5S/c1-21(2)29(25,26)16-8-10-20(24)23(13-16)14-22-11-5-6-18(22)17-9-7-15(27-3)12-19(17)28-4/h7-10,12-13,18H,5-6,11,14H2,1-4H3/t18-/m1/s1. The van der Waals surface area contributed by atoms with Crippen LogP contribution in [-0.2, 0) is 16.7 Å². The molecule has 0 N–H and O–H groups in total. The van der Waals surface area contributed by atoms with Crippen LogP contribution in [-0.4, -0.2) is 57.0 Å². The van der Waals surface area contributed by atoms with Crippen molar-refractivity contribution in [3.8, 4) is 11.5 Å². The van der Waals surface area contributed by atoms with Gasteiger partial charge in [-0.3, -0.25) is 9.69 Å². The predicted molar refractivity (Wildman–Crippen MR) is 110 cm³/mol. The van der Waals surface area contributed by atoms with Crippen LogP contribution in [0.25, 0.3) is 0 Å². The van der Waals surface area contributed by atoms with Gasteiger partial charge in [-0.15, -0.1) is 0 Å². The highest BCUT2D eigenvalue weighted by Crippen LogP contribution is 2.38. The van der Waals surface area contributed by atoms with E-state index in [4.69, 9.17) is 9.47 Å². The number of benzene rings is 1. The monoisotopic (exact) mass is 421 g/mol. The van der Waals surface area contributed by atoms with Crippen molar-refractivity contribution in [2.45, 2.75) is 30.4 Å². The average molecular weight is 422 g/mol. The minimum Gasteiger partial charge on any atom is -0.497 e. The zero-order valence-electron chi connectivity index (χ0n) is 17.2. The van der Waals surface area contributed by atoms with Crippen LogP contribution in [0.2, 0.25) is 0 Å². The number of hydrogen-bond donors (Lipinski definition) is 0. The van der Waals surface area contributed by atoms with Gasteiger partial charge in [0.05, 0.1) is 25.8 Å². The molecule has 29 heavy (non-hydrogen) atoms. The van der Waals surface area contributed by atoms with Gasteiger partial charge in [0.2, 0.25) is 10.0 Å². The van der Waals surface area contributed by atoms with Crippen molar-refractivity contribution in [2.24, 2.45) is 0 Å². The van der Waals surface area contributed by atoms with Crippen molar-refractivity contribution in [2.75, 3.05) is 34.9 Å². The lowest BCUT2D eigenvalue weighted by Gasteiger charge is -2.27. The van der Waals surface area contributed by atoms with E-state index in [1.165, 1.54) is 37.0 Å². The molecule has 9 heteroatoms. The first-order valence-corrected chi connectivity index (χ1v) is 10.8. The number of rotatable bonds is 7. The first-order chi connectivity index (χ1) is 13.8. The lowest BCUT2D eigenvalue weighted by molar-refractivity contribution is 0.195. The summed E-state index contributed by atoms with van der Waals surface area (Å²) < 4.78 is 38.3. The van der Waals surface area contributed by atoms with E-state index in [1.54, 1.807) is 14.2 Å². The van der Waals surface area contributed by atoms with Crippen molar-refractivity contribution >= 4 is 10.0 Å². The van der Waals surface area contributed by atoms with Crippen LogP contribution in [0.5, 0.6) is 11.5 Å². The van der Waals surface area contributed by atoms with E-state index in [2.05, 4.69) is 4.90 Å². The van der Waals surface area contributed by atoms with Crippen molar-refractivity contribution in [3.05, 3.63) is 52.4 Å². The molecule has 1 aliphatic heterocycles. The summed E-state index contributed by atoms with van der Waals surface area (Å²) in [5.41, 5.74) is 0.783. The highest BCUT2D eigenvalue weighted by molar-refractivity contribution is 7.89. The first kappa shape index (κ1) is 21.4. The summed E-state index contributed by atoms with van der Waals surface area (Å²) in [5, 5.41) is 0. The molecule has 1 aromatic carbocycles. The van der Waals surface area contributed by atoms with E-state index >= 15 is 0 Å². The van der Waals surface area contributed by atoms with Crippen LogP contribution in [0.1, 0.15) is 24.4 Å². The lowest BCUT2D eigenvalue weighted by atomic mass is 10.0. The van der Waals surface area contributed by atoms with Crippen LogP contribution < -0.4 is 15.0 Å². The Bertz CT molecular complexity index is 1030. The van der Waals surface area contributed by atoms with Crippen LogP contribution in [0.4, 0.5) is 0 Å². The zero-order chi connectivity index (χ0) is 21.2. The second-order valence-electron chi connectivity index (χ2n) is 7.18. The number of hydrogen-bond acceptors (Lipinski definition) is 6. The van der Waals surface area contributed by atoms with Gasteiger partial charge in [0.1, 0.15) is 11.5 Å². The molecule has 0 radical (unpaired) electrons. The van der Waals surface area contributed by atoms with Crippen LogP contribution >= 0.6 is 0 Å². The Morgan fingerprint density at radius 1 is 1.14 bits per heavy atom. The SMILES string of the molecule is COc1ccc([C@H]2CCCN2Cn2cc(S(=O)(=O)N(C)C)ccc2=O)c(OC)c1. The molecule has 0 spiro atoms. The number of methoxy groups -OCH3 is 2. The third kappa shape index (κ3) is 4.31. The summed E-state index contributed by atoms with van der Waals surface area (Å²) in [6, 6.07) is 8.44. The molecule has 1 aliphatic rings. The highest BCUT2D eigenvalue weighted by atomic mass is 32.2. The highest BCUT2D eigenvalue weighted by Gasteiger charge is 2.29. The molecule has 0 bridgehead atoms. The minimum atomic E-state index is -3.61. The van der Waals surface area contributed by atoms with E-state index in [0.717, 1.165) is 35.0 Å². The van der Waals surface area contributed by atoms with Gasteiger partial charge in [-0.1, -0.05) is 6.07 Å². The van der Waals surface area contributed by atoms with Gasteiger partial charge in [0, 0.05) is 50.6 Å². The van der Waals surface area contributed by atoms with Gasteiger partial charge in [0.15, 0.2) is 0 Å². The molecule has 1 aromatic heterocycles. The van der Waals surface area contributed by atoms with Gasteiger partial charge in [-0.25, -0.2) is 12.7 Å². The second-order valence-corrected chi connectivity index (χ2v) is 9.33. The number of nitrogens with zero attached hydrogens (tertiary/aromatic N) is 3. The Labute approximate surface area is 171 Å². The fourth-order valence-electron chi connectivity index (χ4n) is 3.62. The van der Waals surface area contributed by atoms with E-state index in [9.17, 15) is 13.2 Å². The summed E-state index contributed by atoms with van der Waals surface area (Å²) in [7, 11) is 2.56. The van der Waals surface area contributed by atoms with Gasteiger partial charge in [-0.05, 0) is 25.0 Å². The number of ether oxygens (including phenoxy) is 2. The van der Waals surface area contributed by atoms with Crippen LogP contribution in [0.3, 0.4) is 0 Å². The predicted octanol–water partition coefficient (Wildman–Crippen LogP) is 1.91. The number of sulfonamides is 1. The zero-order valence-corrected chi connectivity index (χ0v) is 18.0. The van der Waals surface area contributed by atoms with Gasteiger partial charge in [-0.2, -0.15) is 0 Å². The fourth-order valence-corrected chi connectivity index (χ4v) is 4.54. The maximum absolute atomic E-state index is 12.4. The quantitative estimate of drug-likeness (QED) is 0.679. The molecule has 1 fully saturated rings. The van der Waals surface area contributed by atoms with Gasteiger partial charge in [0.25, 0.3) is 5.56 Å². The molecule has 0 unspecified atom stereocenters. The molecule has 0 saturated carbocycles. The van der Waals surface area contributed by atoms with E-state index in [-0.39, 0.29) is 16.5 Å². The van der Waals surface area contributed by atoms with Crippen molar-refractivity contribution in [3.63, 3.8) is 0 Å². The van der Waals surface area contributed by atoms with Crippen molar-refractivity contribution in [1.82, 2.24) is 13.8 Å². The second kappa shape index (κ2) is 8.56. The van der Waals surface area contributed by atoms with E-state index < -0.39 is 10.0 Å². The molecule has 3 rings (SSSR count). The largest absolute Gasteiger partial charge is 0.497 e. The Hall–Kier alpha value is -2.36. The molecule has 2 heterocycles. The molecule has 0 amide bonds. The Kier molecular flexibility index (Phi) is 6.30. The molecule has 1 saturated heterocycles. The smallest absolute Gasteiger partial charge is 0.251 e. The topological polar surface area (TPSA) is 81.1 Å². The molecule has 1 atom stereocenters. The van der Waals surface area contributed by atoms with E-state index in [1.807, 2.05) is 18.2 Å². The van der Waals surface area contributed by atoms with Crippen LogP contribution in [0.15, 0.2) is 46.2 Å². The molecular formula is C20H27N3O5S. The maximum atomic E-state index is 12.4.